The van der Waals surface area contributed by atoms with Gasteiger partial charge < -0.3 is 0 Å². The molecule has 0 aliphatic heterocycles. The smallest absolute Gasteiger partial charge is 0.237 e. The first kappa shape index (κ1) is 26.9. The zero-order valence-electron chi connectivity index (χ0n) is 20.8. The molecule has 0 saturated heterocycles. The van der Waals surface area contributed by atoms with Gasteiger partial charge in [0.25, 0.3) is 11.4 Å². The van der Waals surface area contributed by atoms with Gasteiger partial charge in [-0.25, -0.2) is 37.4 Å². The Labute approximate surface area is 235 Å². The molecule has 0 saturated carbocycles. The molecule has 194 valence electrons. The molecule has 0 atom stereocenters. The predicted molar refractivity (Wildman–Crippen MR) is 143 cm³/mol. The second-order valence-corrected chi connectivity index (χ2v) is 8.86. The molecule has 4 aromatic rings. The minimum Gasteiger partial charge on any atom is -0.237 e. The predicted octanol–water partition coefficient (Wildman–Crippen LogP) is 8.60. The number of benzene rings is 4. The van der Waals surface area contributed by atoms with Crippen molar-refractivity contribution in [3.05, 3.63) is 134 Å². The Balaban J connectivity index is 1.88. The summed E-state index contributed by atoms with van der Waals surface area (Å²) in [5.41, 5.74) is -0.844. The second kappa shape index (κ2) is 10.1. The topological polar surface area (TPSA) is 84.4 Å². The van der Waals surface area contributed by atoms with Gasteiger partial charge >= 0.3 is 0 Å². The van der Waals surface area contributed by atoms with Crippen LogP contribution in [0.2, 0.25) is 0 Å². The summed E-state index contributed by atoms with van der Waals surface area (Å²) in [6.45, 7) is 22.2. The number of nitriles is 3. The summed E-state index contributed by atoms with van der Waals surface area (Å²) in [5, 5.41) is 28.7. The van der Waals surface area contributed by atoms with Crippen LogP contribution in [0.1, 0.15) is 22.3 Å². The van der Waals surface area contributed by atoms with Gasteiger partial charge in [-0.3, -0.25) is 0 Å². The van der Waals surface area contributed by atoms with E-state index < -0.39 is 34.5 Å². The van der Waals surface area contributed by atoms with Crippen molar-refractivity contribution in [2.24, 2.45) is 0 Å². The molecule has 0 aromatic heterocycles. The van der Waals surface area contributed by atoms with Gasteiger partial charge in [-0.2, -0.15) is 10.5 Å². The van der Waals surface area contributed by atoms with Crippen molar-refractivity contribution < 1.29 is 17.6 Å². The highest BCUT2D eigenvalue weighted by atomic mass is 19.1. The molecule has 0 unspecified atom stereocenters. The van der Waals surface area contributed by atoms with Gasteiger partial charge in [0.05, 0.1) is 37.4 Å². The summed E-state index contributed by atoms with van der Waals surface area (Å²) in [7, 11) is 0. The molecule has 0 heterocycles. The molecule has 10 heteroatoms. The fourth-order valence-corrected chi connectivity index (χ4v) is 4.90. The van der Waals surface area contributed by atoms with Crippen molar-refractivity contribution in [1.29, 1.82) is 15.8 Å². The molecule has 0 fully saturated rings. The van der Waals surface area contributed by atoms with Crippen LogP contribution < -0.4 is 0 Å². The molecule has 4 aromatic carbocycles. The molecule has 0 spiro atoms. The van der Waals surface area contributed by atoms with E-state index in [1.165, 1.54) is 30.3 Å². The van der Waals surface area contributed by atoms with E-state index >= 15 is 0 Å². The maximum Gasteiger partial charge on any atom is 0.270 e. The first-order valence-corrected chi connectivity index (χ1v) is 11.6. The Bertz CT molecular complexity index is 2010. The van der Waals surface area contributed by atoms with Gasteiger partial charge in [0, 0.05) is 11.1 Å². The lowest BCUT2D eigenvalue weighted by molar-refractivity contribution is 0.577. The highest BCUT2D eigenvalue weighted by Gasteiger charge is 2.30. The number of halogens is 4. The largest absolute Gasteiger partial charge is 0.270 e. The van der Waals surface area contributed by atoms with E-state index in [4.69, 9.17) is 25.0 Å². The third kappa shape index (κ3) is 3.99. The fourth-order valence-electron chi connectivity index (χ4n) is 4.90. The van der Waals surface area contributed by atoms with Gasteiger partial charge in [-0.05, 0) is 81.4 Å². The summed E-state index contributed by atoms with van der Waals surface area (Å²) in [5.74, 6) is -4.56. The molecule has 0 N–H and O–H groups in total. The van der Waals surface area contributed by atoms with E-state index in [9.17, 15) is 28.1 Å². The van der Waals surface area contributed by atoms with E-state index in [1.54, 1.807) is 6.07 Å². The third-order valence-corrected chi connectivity index (χ3v) is 6.72. The molecule has 0 bridgehead atoms. The summed E-state index contributed by atoms with van der Waals surface area (Å²) >= 11 is 0. The van der Waals surface area contributed by atoms with E-state index in [0.717, 1.165) is 24.3 Å². The lowest BCUT2D eigenvalue weighted by Crippen LogP contribution is -1.95. The zero-order valence-corrected chi connectivity index (χ0v) is 20.8. The molecule has 1 aliphatic rings. The Morgan fingerprint density at radius 2 is 1.14 bits per heavy atom. The second-order valence-electron chi connectivity index (χ2n) is 8.86. The number of hydrogen-bond acceptors (Lipinski definition) is 3. The normalized spacial score (nSPS) is 12.0. The maximum absolute atomic E-state index is 14.5. The number of fused-ring (bicyclic) bond motifs is 3. The highest BCUT2D eigenvalue weighted by molar-refractivity contribution is 6.07. The Hall–Kier alpha value is -6.72. The first-order valence-electron chi connectivity index (χ1n) is 11.6. The summed E-state index contributed by atoms with van der Waals surface area (Å²) in [6, 6.07) is 14.3. The molecule has 1 aliphatic carbocycles. The minimum absolute atomic E-state index is 0.0547. The van der Waals surface area contributed by atoms with Crippen molar-refractivity contribution in [2.75, 3.05) is 0 Å². The van der Waals surface area contributed by atoms with Crippen molar-refractivity contribution in [3.8, 4) is 51.6 Å². The van der Waals surface area contributed by atoms with Crippen molar-refractivity contribution in [1.82, 2.24) is 0 Å². The monoisotopic (exact) mass is 552 g/mol. The Kier molecular flexibility index (Phi) is 6.47. The standard InChI is InChI=1S/C32H8F4N6/c1-40-29-11-23-21(10-19(29)16-7-27(35)32(42-3)28(36)8-16)20-9-18(15-5-25(33)24(13-38)26(34)6-15)17(12-37)4-22(20)31(23)30(14-39)41-2/h4-11H/b31-30-. The van der Waals surface area contributed by atoms with Crippen LogP contribution in [0, 0.1) is 77.0 Å². The lowest BCUT2D eigenvalue weighted by atomic mass is 9.92. The first-order chi connectivity index (χ1) is 20.2. The van der Waals surface area contributed by atoms with Crippen molar-refractivity contribution in [2.45, 2.75) is 0 Å². The van der Waals surface area contributed by atoms with Crippen LogP contribution in [-0.4, -0.2) is 0 Å². The Morgan fingerprint density at radius 1 is 0.595 bits per heavy atom. The molecule has 6 nitrogen and oxygen atoms in total. The average Bonchev–Trinajstić information content (AvgIpc) is 3.28. The van der Waals surface area contributed by atoms with E-state index in [1.807, 2.05) is 6.07 Å². The van der Waals surface area contributed by atoms with E-state index in [0.29, 0.717) is 11.1 Å². The quantitative estimate of drug-likeness (QED) is 0.125. The molecular weight excluding hydrogens is 544 g/mol. The van der Waals surface area contributed by atoms with Crippen LogP contribution in [0.25, 0.3) is 53.5 Å². The number of allylic oxidation sites excluding steroid dienone is 1. The van der Waals surface area contributed by atoms with Crippen LogP contribution in [0.3, 0.4) is 0 Å². The van der Waals surface area contributed by atoms with Crippen LogP contribution in [0.4, 0.5) is 28.9 Å². The van der Waals surface area contributed by atoms with Gasteiger partial charge in [0.1, 0.15) is 34.9 Å². The lowest BCUT2D eigenvalue weighted by Gasteiger charge is -2.12. The summed E-state index contributed by atoms with van der Waals surface area (Å²) in [6.07, 6.45) is 0. The molecule has 0 radical (unpaired) electrons. The molecule has 0 amide bonds. The van der Waals surface area contributed by atoms with Crippen molar-refractivity contribution >= 4 is 16.9 Å². The number of rotatable bonds is 2. The van der Waals surface area contributed by atoms with Crippen LogP contribution in [0.5, 0.6) is 0 Å². The van der Waals surface area contributed by atoms with Crippen LogP contribution in [0.15, 0.2) is 54.2 Å². The van der Waals surface area contributed by atoms with Crippen molar-refractivity contribution in [3.63, 3.8) is 0 Å². The number of hydrogen-bond donors (Lipinski definition) is 0. The van der Waals surface area contributed by atoms with Crippen LogP contribution in [-0.2, 0) is 0 Å². The fraction of sp³-hybridized carbons (Fsp3) is 0. The average molecular weight is 552 g/mol. The van der Waals surface area contributed by atoms with Gasteiger partial charge in [0.2, 0.25) is 0 Å². The number of nitrogens with zero attached hydrogens (tertiary/aromatic N) is 6. The van der Waals surface area contributed by atoms with Gasteiger partial charge in [-0.15, -0.1) is 0 Å². The summed E-state index contributed by atoms with van der Waals surface area (Å²) < 4.78 is 58.1. The van der Waals surface area contributed by atoms with E-state index in [-0.39, 0.29) is 55.9 Å². The van der Waals surface area contributed by atoms with Gasteiger partial charge in [-0.1, -0.05) is 6.07 Å². The summed E-state index contributed by atoms with van der Waals surface area (Å²) in [4.78, 5) is 9.60. The minimum atomic E-state index is -1.14. The third-order valence-electron chi connectivity index (χ3n) is 6.72. The highest BCUT2D eigenvalue weighted by Crippen LogP contribution is 2.51. The maximum atomic E-state index is 14.5. The van der Waals surface area contributed by atoms with Gasteiger partial charge in [0.15, 0.2) is 5.69 Å². The Morgan fingerprint density at radius 3 is 1.64 bits per heavy atom. The molecular formula is C32H8F4N6. The zero-order chi connectivity index (χ0) is 30.3. The van der Waals surface area contributed by atoms with Crippen LogP contribution >= 0.6 is 0 Å². The molecule has 5 rings (SSSR count). The van der Waals surface area contributed by atoms with E-state index in [2.05, 4.69) is 14.5 Å². The SMILES string of the molecule is [C-]#[N+]/C(C#N)=C1/c2cc(C#N)c(-c3cc(F)c(C#N)c(F)c3)cc2-c2cc(-c3cc(F)c([N+]#[C-])c(F)c3)c([N+]#[C-])cc21. The molecule has 42 heavy (non-hydrogen) atoms.